The first-order valence-electron chi connectivity index (χ1n) is 6.37. The molecule has 0 fully saturated rings. The molecular formula is C14H20BrNOS. The predicted octanol–water partition coefficient (Wildman–Crippen LogP) is 4.43. The Kier molecular flexibility index (Phi) is 7.28. The van der Waals surface area contributed by atoms with Crippen molar-refractivity contribution in [2.75, 3.05) is 6.61 Å². The van der Waals surface area contributed by atoms with Crippen LogP contribution in [0.25, 0.3) is 0 Å². The summed E-state index contributed by atoms with van der Waals surface area (Å²) in [6.07, 6.45) is 6.21. The molecule has 1 aromatic rings. The first kappa shape index (κ1) is 15.4. The van der Waals surface area contributed by atoms with E-state index in [4.69, 9.17) is 22.7 Å². The number of hydrogen-bond acceptors (Lipinski definition) is 2. The molecule has 0 spiro atoms. The van der Waals surface area contributed by atoms with Gasteiger partial charge in [-0.3, -0.25) is 0 Å². The highest BCUT2D eigenvalue weighted by atomic mass is 79.9. The smallest absolute Gasteiger partial charge is 0.133 e. The monoisotopic (exact) mass is 329 g/mol. The van der Waals surface area contributed by atoms with E-state index in [0.29, 0.717) is 4.99 Å². The molecule has 0 aliphatic heterocycles. The standard InChI is InChI=1S/C14H20BrNOS/c1-2-3-4-5-6-9-17-13-8-7-11(14(16)18)10-12(13)15/h7-8,10H,2-6,9H2,1H3,(H2,16,18). The first-order valence-corrected chi connectivity index (χ1v) is 7.57. The summed E-state index contributed by atoms with van der Waals surface area (Å²) >= 11 is 8.40. The van der Waals surface area contributed by atoms with Crippen LogP contribution in [-0.2, 0) is 0 Å². The van der Waals surface area contributed by atoms with Crippen molar-refractivity contribution in [3.8, 4) is 5.75 Å². The van der Waals surface area contributed by atoms with Crippen molar-refractivity contribution in [1.29, 1.82) is 0 Å². The average Bonchev–Trinajstić information content (AvgIpc) is 2.35. The van der Waals surface area contributed by atoms with Gasteiger partial charge in [-0.2, -0.15) is 0 Å². The number of benzene rings is 1. The molecule has 0 heterocycles. The van der Waals surface area contributed by atoms with Gasteiger partial charge in [-0.1, -0.05) is 44.8 Å². The summed E-state index contributed by atoms with van der Waals surface area (Å²) < 4.78 is 6.62. The maximum Gasteiger partial charge on any atom is 0.133 e. The number of nitrogens with two attached hydrogens (primary N) is 1. The van der Waals surface area contributed by atoms with Crippen molar-refractivity contribution in [3.63, 3.8) is 0 Å². The molecule has 18 heavy (non-hydrogen) atoms. The van der Waals surface area contributed by atoms with E-state index in [-0.39, 0.29) is 0 Å². The van der Waals surface area contributed by atoms with Crippen molar-refractivity contribution in [2.24, 2.45) is 5.73 Å². The van der Waals surface area contributed by atoms with Crippen LogP contribution in [0.2, 0.25) is 0 Å². The van der Waals surface area contributed by atoms with Gasteiger partial charge in [0.05, 0.1) is 11.1 Å². The Bertz CT molecular complexity index is 395. The summed E-state index contributed by atoms with van der Waals surface area (Å²) in [6.45, 7) is 2.98. The van der Waals surface area contributed by atoms with E-state index in [1.807, 2.05) is 18.2 Å². The number of thiocarbonyl (C=S) groups is 1. The Labute approximate surface area is 123 Å². The first-order chi connectivity index (χ1) is 8.65. The van der Waals surface area contributed by atoms with Crippen molar-refractivity contribution in [2.45, 2.75) is 39.0 Å². The molecule has 0 saturated carbocycles. The SMILES string of the molecule is CCCCCCCOc1ccc(C(N)=S)cc1Br. The van der Waals surface area contributed by atoms with Crippen molar-refractivity contribution in [3.05, 3.63) is 28.2 Å². The minimum atomic E-state index is 0.404. The lowest BCUT2D eigenvalue weighted by molar-refractivity contribution is 0.303. The van der Waals surface area contributed by atoms with Crippen LogP contribution in [-0.4, -0.2) is 11.6 Å². The third-order valence-electron chi connectivity index (χ3n) is 2.72. The fraction of sp³-hybridized carbons (Fsp3) is 0.500. The van der Waals surface area contributed by atoms with E-state index in [2.05, 4.69) is 22.9 Å². The fourth-order valence-corrected chi connectivity index (χ4v) is 2.28. The lowest BCUT2D eigenvalue weighted by atomic mass is 10.2. The van der Waals surface area contributed by atoms with Gasteiger partial charge in [-0.05, 0) is 40.5 Å². The molecule has 0 aromatic heterocycles. The quantitative estimate of drug-likeness (QED) is 0.566. The minimum absolute atomic E-state index is 0.404. The van der Waals surface area contributed by atoms with E-state index in [1.54, 1.807) is 0 Å². The highest BCUT2D eigenvalue weighted by Crippen LogP contribution is 2.26. The maximum absolute atomic E-state index is 5.72. The van der Waals surface area contributed by atoms with Crippen LogP contribution in [0.1, 0.15) is 44.6 Å². The second kappa shape index (κ2) is 8.48. The largest absolute Gasteiger partial charge is 0.492 e. The van der Waals surface area contributed by atoms with Crippen LogP contribution >= 0.6 is 28.1 Å². The molecule has 0 unspecified atom stereocenters. The second-order valence-electron chi connectivity index (χ2n) is 4.27. The van der Waals surface area contributed by atoms with Crippen LogP contribution in [0.5, 0.6) is 5.75 Å². The maximum atomic E-state index is 5.72. The lowest BCUT2D eigenvalue weighted by Gasteiger charge is -2.09. The molecule has 4 heteroatoms. The van der Waals surface area contributed by atoms with Crippen LogP contribution in [0, 0.1) is 0 Å². The summed E-state index contributed by atoms with van der Waals surface area (Å²) in [5, 5.41) is 0. The van der Waals surface area contributed by atoms with Crippen LogP contribution in [0.3, 0.4) is 0 Å². The summed E-state index contributed by atoms with van der Waals surface area (Å²) in [7, 11) is 0. The fourth-order valence-electron chi connectivity index (χ4n) is 1.66. The third-order valence-corrected chi connectivity index (χ3v) is 3.58. The Morgan fingerprint density at radius 3 is 2.61 bits per heavy atom. The summed E-state index contributed by atoms with van der Waals surface area (Å²) in [4.78, 5) is 0.404. The number of unbranched alkanes of at least 4 members (excludes halogenated alkanes) is 4. The molecule has 2 nitrogen and oxygen atoms in total. The van der Waals surface area contributed by atoms with Gasteiger partial charge in [0.15, 0.2) is 0 Å². The van der Waals surface area contributed by atoms with Gasteiger partial charge in [0, 0.05) is 5.56 Å². The number of ether oxygens (including phenoxy) is 1. The molecular weight excluding hydrogens is 310 g/mol. The van der Waals surface area contributed by atoms with Gasteiger partial charge in [-0.25, -0.2) is 0 Å². The van der Waals surface area contributed by atoms with Crippen LogP contribution < -0.4 is 10.5 Å². The summed E-state index contributed by atoms with van der Waals surface area (Å²) in [6, 6.07) is 5.69. The highest BCUT2D eigenvalue weighted by Gasteiger charge is 2.04. The zero-order chi connectivity index (χ0) is 13.4. The zero-order valence-electron chi connectivity index (χ0n) is 10.7. The topological polar surface area (TPSA) is 35.2 Å². The average molecular weight is 330 g/mol. The van der Waals surface area contributed by atoms with E-state index in [1.165, 1.54) is 25.7 Å². The van der Waals surface area contributed by atoms with Gasteiger partial charge >= 0.3 is 0 Å². The van der Waals surface area contributed by atoms with Gasteiger partial charge in [0.25, 0.3) is 0 Å². The molecule has 0 radical (unpaired) electrons. The Hall–Kier alpha value is -0.610. The Balaban J connectivity index is 2.36. The molecule has 0 atom stereocenters. The molecule has 1 aromatic carbocycles. The summed E-state index contributed by atoms with van der Waals surface area (Å²) in [5.41, 5.74) is 6.42. The van der Waals surface area contributed by atoms with Crippen LogP contribution in [0.15, 0.2) is 22.7 Å². The minimum Gasteiger partial charge on any atom is -0.492 e. The van der Waals surface area contributed by atoms with Gasteiger partial charge in [0.2, 0.25) is 0 Å². The van der Waals surface area contributed by atoms with Crippen molar-refractivity contribution in [1.82, 2.24) is 0 Å². The number of halogens is 1. The molecule has 0 aliphatic rings. The second-order valence-corrected chi connectivity index (χ2v) is 5.57. The molecule has 1 rings (SSSR count). The molecule has 0 aliphatic carbocycles. The van der Waals surface area contributed by atoms with E-state index in [0.717, 1.165) is 28.8 Å². The molecule has 100 valence electrons. The van der Waals surface area contributed by atoms with E-state index >= 15 is 0 Å². The molecule has 0 bridgehead atoms. The Morgan fingerprint density at radius 2 is 2.00 bits per heavy atom. The number of hydrogen-bond donors (Lipinski definition) is 1. The lowest BCUT2D eigenvalue weighted by Crippen LogP contribution is -2.09. The predicted molar refractivity (Wildman–Crippen MR) is 84.3 cm³/mol. The van der Waals surface area contributed by atoms with Crippen molar-refractivity contribution < 1.29 is 4.74 Å². The third kappa shape index (κ3) is 5.36. The molecule has 0 saturated heterocycles. The van der Waals surface area contributed by atoms with Gasteiger partial charge in [0.1, 0.15) is 10.7 Å². The van der Waals surface area contributed by atoms with Gasteiger partial charge < -0.3 is 10.5 Å². The van der Waals surface area contributed by atoms with Crippen molar-refractivity contribution >= 4 is 33.1 Å². The van der Waals surface area contributed by atoms with E-state index < -0.39 is 0 Å². The highest BCUT2D eigenvalue weighted by molar-refractivity contribution is 9.10. The number of rotatable bonds is 8. The van der Waals surface area contributed by atoms with Crippen LogP contribution in [0.4, 0.5) is 0 Å². The summed E-state index contributed by atoms with van der Waals surface area (Å²) in [5.74, 6) is 0.852. The van der Waals surface area contributed by atoms with E-state index in [9.17, 15) is 0 Å². The zero-order valence-corrected chi connectivity index (χ0v) is 13.1. The molecule has 2 N–H and O–H groups in total. The molecule has 0 amide bonds. The van der Waals surface area contributed by atoms with Gasteiger partial charge in [-0.15, -0.1) is 0 Å². The Morgan fingerprint density at radius 1 is 1.28 bits per heavy atom. The normalized spacial score (nSPS) is 10.3.